The third-order valence-corrected chi connectivity index (χ3v) is 3.63. The molecule has 1 aromatic carbocycles. The number of hydrogen-bond donors (Lipinski definition) is 1. The summed E-state index contributed by atoms with van der Waals surface area (Å²) in [7, 11) is 0. The summed E-state index contributed by atoms with van der Waals surface area (Å²) >= 11 is 1.47. The van der Waals surface area contributed by atoms with E-state index in [-0.39, 0.29) is 5.82 Å². The van der Waals surface area contributed by atoms with Crippen LogP contribution < -0.4 is 5.73 Å². The number of benzene rings is 1. The van der Waals surface area contributed by atoms with Gasteiger partial charge in [0.25, 0.3) is 0 Å². The Morgan fingerprint density at radius 3 is 2.75 bits per heavy atom. The lowest BCUT2D eigenvalue weighted by atomic mass is 10.0. The first-order valence-corrected chi connectivity index (χ1v) is 5.85. The van der Waals surface area contributed by atoms with Crippen molar-refractivity contribution in [3.63, 3.8) is 0 Å². The Hall–Kier alpha value is -1.42. The van der Waals surface area contributed by atoms with E-state index in [4.69, 9.17) is 5.73 Å². The van der Waals surface area contributed by atoms with Crippen molar-refractivity contribution >= 4 is 16.5 Å². The molecule has 2 rings (SSSR count). The highest BCUT2D eigenvalue weighted by molar-refractivity contribution is 7.15. The third-order valence-electron chi connectivity index (χ3n) is 2.64. The van der Waals surface area contributed by atoms with Gasteiger partial charge in [0.2, 0.25) is 0 Å². The van der Waals surface area contributed by atoms with Crippen molar-refractivity contribution in [2.45, 2.75) is 20.3 Å². The van der Waals surface area contributed by atoms with Crippen LogP contribution in [0.5, 0.6) is 0 Å². The molecule has 84 valence electrons. The van der Waals surface area contributed by atoms with E-state index in [1.165, 1.54) is 17.4 Å². The van der Waals surface area contributed by atoms with Crippen LogP contribution in [0.3, 0.4) is 0 Å². The number of anilines is 1. The maximum Gasteiger partial charge on any atom is 0.180 e. The fourth-order valence-electron chi connectivity index (χ4n) is 1.63. The average molecular weight is 236 g/mol. The molecule has 0 bridgehead atoms. The Morgan fingerprint density at radius 1 is 1.38 bits per heavy atom. The molecule has 4 heteroatoms. The fourth-order valence-corrected chi connectivity index (χ4v) is 2.49. The summed E-state index contributed by atoms with van der Waals surface area (Å²) in [6, 6.07) is 5.15. The quantitative estimate of drug-likeness (QED) is 0.870. The number of aromatic nitrogens is 1. The lowest BCUT2D eigenvalue weighted by Gasteiger charge is -2.05. The van der Waals surface area contributed by atoms with E-state index in [1.807, 2.05) is 13.0 Å². The maximum absolute atomic E-state index is 13.4. The predicted molar refractivity (Wildman–Crippen MR) is 65.2 cm³/mol. The Balaban J connectivity index is 2.34. The number of nitrogen functional groups attached to an aromatic ring is 1. The molecule has 0 amide bonds. The van der Waals surface area contributed by atoms with Gasteiger partial charge < -0.3 is 5.73 Å². The second-order valence-corrected chi connectivity index (χ2v) is 4.88. The van der Waals surface area contributed by atoms with Crippen LogP contribution >= 0.6 is 11.3 Å². The van der Waals surface area contributed by atoms with Crippen molar-refractivity contribution in [1.82, 2.24) is 4.98 Å². The zero-order chi connectivity index (χ0) is 11.7. The van der Waals surface area contributed by atoms with Gasteiger partial charge in [-0.2, -0.15) is 0 Å². The number of nitrogens with zero attached hydrogens (tertiary/aromatic N) is 1. The summed E-state index contributed by atoms with van der Waals surface area (Å²) in [5.74, 6) is -0.160. The van der Waals surface area contributed by atoms with Crippen LogP contribution in [0, 0.1) is 19.7 Å². The van der Waals surface area contributed by atoms with E-state index in [0.29, 0.717) is 17.1 Å². The molecule has 0 aliphatic rings. The molecule has 0 saturated carbocycles. The number of halogens is 1. The molecule has 2 aromatic rings. The molecule has 0 radical (unpaired) electrons. The normalized spacial score (nSPS) is 10.7. The maximum atomic E-state index is 13.4. The van der Waals surface area contributed by atoms with E-state index in [1.54, 1.807) is 13.0 Å². The van der Waals surface area contributed by atoms with Gasteiger partial charge in [-0.25, -0.2) is 9.37 Å². The molecule has 2 N–H and O–H groups in total. The molecular weight excluding hydrogens is 223 g/mol. The van der Waals surface area contributed by atoms with E-state index in [0.717, 1.165) is 16.1 Å². The molecule has 0 aliphatic heterocycles. The first-order valence-electron chi connectivity index (χ1n) is 5.03. The summed E-state index contributed by atoms with van der Waals surface area (Å²) in [4.78, 5) is 5.26. The molecule has 0 spiro atoms. The lowest BCUT2D eigenvalue weighted by molar-refractivity contribution is 0.616. The molecule has 0 unspecified atom stereocenters. The number of nitrogens with two attached hydrogens (primary N) is 1. The largest absolute Gasteiger partial charge is 0.375 e. The smallest absolute Gasteiger partial charge is 0.180 e. The van der Waals surface area contributed by atoms with Gasteiger partial charge in [0.05, 0.1) is 5.69 Å². The zero-order valence-corrected chi connectivity index (χ0v) is 10.1. The van der Waals surface area contributed by atoms with E-state index >= 15 is 0 Å². The Labute approximate surface area is 97.9 Å². The number of hydrogen-bond acceptors (Lipinski definition) is 3. The van der Waals surface area contributed by atoms with Crippen molar-refractivity contribution in [2.24, 2.45) is 0 Å². The average Bonchev–Trinajstić information content (AvgIpc) is 2.53. The van der Waals surface area contributed by atoms with Crippen molar-refractivity contribution in [3.05, 3.63) is 45.7 Å². The SMILES string of the molecule is Cc1nc(N)sc1Cc1cccc(F)c1C. The van der Waals surface area contributed by atoms with Gasteiger partial charge in [0.1, 0.15) is 5.82 Å². The monoisotopic (exact) mass is 236 g/mol. The number of aryl methyl sites for hydroxylation is 1. The molecule has 0 fully saturated rings. The lowest BCUT2D eigenvalue weighted by Crippen LogP contribution is -1.94. The van der Waals surface area contributed by atoms with Crippen molar-refractivity contribution in [1.29, 1.82) is 0 Å². The van der Waals surface area contributed by atoms with Crippen LogP contribution in [0.25, 0.3) is 0 Å². The second-order valence-electron chi connectivity index (χ2n) is 3.76. The summed E-state index contributed by atoms with van der Waals surface area (Å²) in [5.41, 5.74) is 8.27. The van der Waals surface area contributed by atoms with Gasteiger partial charge >= 0.3 is 0 Å². The van der Waals surface area contributed by atoms with E-state index in [2.05, 4.69) is 4.98 Å². The summed E-state index contributed by atoms with van der Waals surface area (Å²) in [6.07, 6.45) is 0.699. The summed E-state index contributed by atoms with van der Waals surface area (Å²) in [6.45, 7) is 3.72. The standard InChI is InChI=1S/C12H13FN2S/c1-7-9(4-3-5-10(7)13)6-11-8(2)15-12(14)16-11/h3-5H,6H2,1-2H3,(H2,14,15). The Morgan fingerprint density at radius 2 is 2.12 bits per heavy atom. The van der Waals surface area contributed by atoms with Gasteiger partial charge in [-0.15, -0.1) is 11.3 Å². The van der Waals surface area contributed by atoms with Gasteiger partial charge in [-0.3, -0.25) is 0 Å². The minimum atomic E-state index is -0.160. The molecule has 1 heterocycles. The van der Waals surface area contributed by atoms with Crippen LogP contribution in [0.15, 0.2) is 18.2 Å². The van der Waals surface area contributed by atoms with Crippen molar-refractivity contribution in [3.8, 4) is 0 Å². The highest BCUT2D eigenvalue weighted by Gasteiger charge is 2.09. The zero-order valence-electron chi connectivity index (χ0n) is 9.25. The first kappa shape index (κ1) is 11.1. The van der Waals surface area contributed by atoms with E-state index < -0.39 is 0 Å². The molecular formula is C12H13FN2S. The molecule has 16 heavy (non-hydrogen) atoms. The minimum absolute atomic E-state index is 0.160. The summed E-state index contributed by atoms with van der Waals surface area (Å²) < 4.78 is 13.4. The Bertz CT molecular complexity index is 520. The highest BCUT2D eigenvalue weighted by atomic mass is 32.1. The minimum Gasteiger partial charge on any atom is -0.375 e. The van der Waals surface area contributed by atoms with Crippen LogP contribution in [0.4, 0.5) is 9.52 Å². The number of thiazole rings is 1. The molecule has 0 saturated heterocycles. The van der Waals surface area contributed by atoms with E-state index in [9.17, 15) is 4.39 Å². The van der Waals surface area contributed by atoms with Crippen LogP contribution in [0.1, 0.15) is 21.7 Å². The van der Waals surface area contributed by atoms with Crippen molar-refractivity contribution < 1.29 is 4.39 Å². The second kappa shape index (κ2) is 4.22. The molecule has 0 atom stereocenters. The van der Waals surface area contributed by atoms with Gasteiger partial charge in [0.15, 0.2) is 5.13 Å². The third kappa shape index (κ3) is 2.07. The van der Waals surface area contributed by atoms with Gasteiger partial charge in [-0.05, 0) is 31.0 Å². The van der Waals surface area contributed by atoms with Gasteiger partial charge in [0, 0.05) is 11.3 Å². The molecule has 2 nitrogen and oxygen atoms in total. The topological polar surface area (TPSA) is 38.9 Å². The molecule has 1 aromatic heterocycles. The van der Waals surface area contributed by atoms with Crippen molar-refractivity contribution in [2.75, 3.05) is 5.73 Å². The highest BCUT2D eigenvalue weighted by Crippen LogP contribution is 2.24. The van der Waals surface area contributed by atoms with Crippen LogP contribution in [-0.2, 0) is 6.42 Å². The predicted octanol–water partition coefficient (Wildman–Crippen LogP) is 3.07. The Kier molecular flexibility index (Phi) is 2.92. The molecule has 0 aliphatic carbocycles. The fraction of sp³-hybridized carbons (Fsp3) is 0.250. The van der Waals surface area contributed by atoms with Crippen LogP contribution in [-0.4, -0.2) is 4.98 Å². The summed E-state index contributed by atoms with van der Waals surface area (Å²) in [5, 5.41) is 0.571. The first-order chi connectivity index (χ1) is 7.58. The number of rotatable bonds is 2. The van der Waals surface area contributed by atoms with Gasteiger partial charge in [-0.1, -0.05) is 12.1 Å². The van der Waals surface area contributed by atoms with Crippen LogP contribution in [0.2, 0.25) is 0 Å².